The van der Waals surface area contributed by atoms with E-state index in [1.54, 1.807) is 17.4 Å². The van der Waals surface area contributed by atoms with Gasteiger partial charge in [0.25, 0.3) is 0 Å². The minimum atomic E-state index is -0.163. The zero-order valence-corrected chi connectivity index (χ0v) is 16.7. The van der Waals surface area contributed by atoms with E-state index in [2.05, 4.69) is 15.6 Å². The SMILES string of the molecule is CCOc1c(Cl)cccc1NCC(=O)Nc1cccc(-c2csc(C)n2)c1. The highest BCUT2D eigenvalue weighted by molar-refractivity contribution is 7.09. The molecule has 0 saturated carbocycles. The normalized spacial score (nSPS) is 10.5. The third-order valence-electron chi connectivity index (χ3n) is 3.76. The van der Waals surface area contributed by atoms with Crippen molar-refractivity contribution in [3.05, 3.63) is 57.9 Å². The van der Waals surface area contributed by atoms with Gasteiger partial charge < -0.3 is 15.4 Å². The molecule has 0 fully saturated rings. The molecule has 2 N–H and O–H groups in total. The van der Waals surface area contributed by atoms with Gasteiger partial charge in [0.1, 0.15) is 0 Å². The van der Waals surface area contributed by atoms with Crippen LogP contribution in [0.2, 0.25) is 5.02 Å². The maximum Gasteiger partial charge on any atom is 0.243 e. The smallest absolute Gasteiger partial charge is 0.243 e. The lowest BCUT2D eigenvalue weighted by atomic mass is 10.1. The average Bonchev–Trinajstić information content (AvgIpc) is 3.09. The summed E-state index contributed by atoms with van der Waals surface area (Å²) in [5.74, 6) is 0.388. The average molecular weight is 402 g/mol. The Morgan fingerprint density at radius 1 is 1.26 bits per heavy atom. The number of carbonyl (C=O) groups is 1. The van der Waals surface area contributed by atoms with Crippen molar-refractivity contribution in [1.82, 2.24) is 4.98 Å². The first kappa shape index (κ1) is 19.2. The summed E-state index contributed by atoms with van der Waals surface area (Å²) in [5, 5.41) is 9.50. The number of rotatable bonds is 7. The number of carbonyl (C=O) groups excluding carboxylic acids is 1. The van der Waals surface area contributed by atoms with E-state index < -0.39 is 0 Å². The molecule has 2 aromatic carbocycles. The fourth-order valence-electron chi connectivity index (χ4n) is 2.57. The molecular formula is C20H20ClN3O2S. The first-order valence-corrected chi connectivity index (χ1v) is 9.80. The number of hydrogen-bond donors (Lipinski definition) is 2. The second-order valence-electron chi connectivity index (χ2n) is 5.78. The van der Waals surface area contributed by atoms with Crippen LogP contribution >= 0.6 is 22.9 Å². The highest BCUT2D eigenvalue weighted by Crippen LogP contribution is 2.32. The Bertz CT molecular complexity index is 942. The summed E-state index contributed by atoms with van der Waals surface area (Å²) < 4.78 is 5.55. The molecule has 3 aromatic rings. The summed E-state index contributed by atoms with van der Waals surface area (Å²) in [7, 11) is 0. The predicted octanol–water partition coefficient (Wildman–Crippen LogP) is 5.22. The third kappa shape index (κ3) is 4.99. The number of nitrogens with zero attached hydrogens (tertiary/aromatic N) is 1. The molecule has 0 unspecified atom stereocenters. The van der Waals surface area contributed by atoms with Crippen molar-refractivity contribution in [3.63, 3.8) is 0 Å². The van der Waals surface area contributed by atoms with Gasteiger partial charge in [-0.2, -0.15) is 0 Å². The molecule has 3 rings (SSSR count). The molecule has 7 heteroatoms. The summed E-state index contributed by atoms with van der Waals surface area (Å²) in [6.07, 6.45) is 0. The van der Waals surface area contributed by atoms with E-state index in [4.69, 9.17) is 16.3 Å². The minimum absolute atomic E-state index is 0.0977. The molecule has 27 heavy (non-hydrogen) atoms. The Balaban J connectivity index is 1.64. The summed E-state index contributed by atoms with van der Waals surface area (Å²) in [5.41, 5.74) is 3.29. The van der Waals surface area contributed by atoms with Gasteiger partial charge in [-0.3, -0.25) is 4.79 Å². The van der Waals surface area contributed by atoms with Crippen molar-refractivity contribution in [2.45, 2.75) is 13.8 Å². The molecule has 0 atom stereocenters. The molecule has 0 radical (unpaired) electrons. The first-order chi connectivity index (χ1) is 13.1. The van der Waals surface area contributed by atoms with Gasteiger partial charge in [-0.05, 0) is 38.1 Å². The van der Waals surface area contributed by atoms with Gasteiger partial charge in [-0.1, -0.05) is 29.8 Å². The molecule has 1 amide bonds. The largest absolute Gasteiger partial charge is 0.490 e. The van der Waals surface area contributed by atoms with Gasteiger partial charge in [0.15, 0.2) is 5.75 Å². The van der Waals surface area contributed by atoms with Gasteiger partial charge in [-0.25, -0.2) is 4.98 Å². The van der Waals surface area contributed by atoms with Crippen molar-refractivity contribution in [2.24, 2.45) is 0 Å². The van der Waals surface area contributed by atoms with Crippen LogP contribution in [0.3, 0.4) is 0 Å². The Morgan fingerprint density at radius 3 is 2.81 bits per heavy atom. The van der Waals surface area contributed by atoms with E-state index >= 15 is 0 Å². The standard InChI is InChI=1S/C20H20ClN3O2S/c1-3-26-20-16(21)8-5-9-17(20)22-11-19(25)24-15-7-4-6-14(10-15)18-12-27-13(2)23-18/h4-10,12,22H,3,11H2,1-2H3,(H,24,25). The molecule has 1 aromatic heterocycles. The van der Waals surface area contributed by atoms with Gasteiger partial charge >= 0.3 is 0 Å². The number of hydrogen-bond acceptors (Lipinski definition) is 5. The van der Waals surface area contributed by atoms with Crippen LogP contribution in [0.4, 0.5) is 11.4 Å². The Morgan fingerprint density at radius 2 is 2.07 bits per heavy atom. The Labute approximate surface area is 167 Å². The molecule has 5 nitrogen and oxygen atoms in total. The van der Waals surface area contributed by atoms with Gasteiger partial charge in [-0.15, -0.1) is 11.3 Å². The van der Waals surface area contributed by atoms with Crippen LogP contribution in [-0.4, -0.2) is 24.0 Å². The predicted molar refractivity (Wildman–Crippen MR) is 112 cm³/mol. The maximum atomic E-state index is 12.3. The molecule has 0 aliphatic heterocycles. The van der Waals surface area contributed by atoms with Crippen LogP contribution in [0.25, 0.3) is 11.3 Å². The van der Waals surface area contributed by atoms with Crippen molar-refractivity contribution in [2.75, 3.05) is 23.8 Å². The zero-order chi connectivity index (χ0) is 19.2. The quantitative estimate of drug-likeness (QED) is 0.569. The van der Waals surface area contributed by atoms with E-state index in [-0.39, 0.29) is 12.5 Å². The van der Waals surface area contributed by atoms with Gasteiger partial charge in [0.2, 0.25) is 5.91 Å². The van der Waals surface area contributed by atoms with Crippen LogP contribution in [0.5, 0.6) is 5.75 Å². The fourth-order valence-corrected chi connectivity index (χ4v) is 3.42. The van der Waals surface area contributed by atoms with Crippen molar-refractivity contribution in [3.8, 4) is 17.0 Å². The zero-order valence-electron chi connectivity index (χ0n) is 15.1. The number of halogens is 1. The Kier molecular flexibility index (Phi) is 6.32. The van der Waals surface area contributed by atoms with Crippen LogP contribution in [-0.2, 0) is 4.79 Å². The molecular weight excluding hydrogens is 382 g/mol. The molecule has 0 aliphatic rings. The highest BCUT2D eigenvalue weighted by atomic mass is 35.5. The molecule has 0 aliphatic carbocycles. The molecule has 0 spiro atoms. The second kappa shape index (κ2) is 8.88. The van der Waals surface area contributed by atoms with E-state index in [0.717, 1.165) is 22.0 Å². The lowest BCUT2D eigenvalue weighted by molar-refractivity contribution is -0.114. The monoisotopic (exact) mass is 401 g/mol. The van der Waals surface area contributed by atoms with Gasteiger partial charge in [0, 0.05) is 16.6 Å². The van der Waals surface area contributed by atoms with E-state index in [1.807, 2.05) is 55.6 Å². The molecule has 0 saturated heterocycles. The molecule has 1 heterocycles. The number of anilines is 2. The lowest BCUT2D eigenvalue weighted by Crippen LogP contribution is -2.22. The minimum Gasteiger partial charge on any atom is -0.490 e. The van der Waals surface area contributed by atoms with E-state index in [9.17, 15) is 4.79 Å². The van der Waals surface area contributed by atoms with E-state index in [0.29, 0.717) is 23.1 Å². The number of aryl methyl sites for hydroxylation is 1. The molecule has 140 valence electrons. The van der Waals surface area contributed by atoms with Crippen molar-refractivity contribution in [1.29, 1.82) is 0 Å². The lowest BCUT2D eigenvalue weighted by Gasteiger charge is -2.14. The summed E-state index contributed by atoms with van der Waals surface area (Å²) in [6, 6.07) is 13.0. The van der Waals surface area contributed by atoms with Crippen molar-refractivity contribution < 1.29 is 9.53 Å². The molecule has 0 bridgehead atoms. The Hall–Kier alpha value is -2.57. The second-order valence-corrected chi connectivity index (χ2v) is 7.25. The fraction of sp³-hybridized carbons (Fsp3) is 0.200. The number of nitrogens with one attached hydrogen (secondary N) is 2. The summed E-state index contributed by atoms with van der Waals surface area (Å²) >= 11 is 7.76. The number of thiazole rings is 1. The maximum absolute atomic E-state index is 12.3. The van der Waals surface area contributed by atoms with Crippen molar-refractivity contribution >= 4 is 40.2 Å². The third-order valence-corrected chi connectivity index (χ3v) is 4.83. The first-order valence-electron chi connectivity index (χ1n) is 8.54. The topological polar surface area (TPSA) is 63.2 Å². The number of amides is 1. The number of benzene rings is 2. The van der Waals surface area contributed by atoms with Crippen LogP contribution in [0.15, 0.2) is 47.8 Å². The summed E-state index contributed by atoms with van der Waals surface area (Å²) in [4.78, 5) is 16.8. The number of ether oxygens (including phenoxy) is 1. The summed E-state index contributed by atoms with van der Waals surface area (Å²) in [6.45, 7) is 4.45. The number of para-hydroxylation sites is 1. The van der Waals surface area contributed by atoms with E-state index in [1.165, 1.54) is 0 Å². The van der Waals surface area contributed by atoms with Gasteiger partial charge in [0.05, 0.1) is 34.6 Å². The van der Waals surface area contributed by atoms with Crippen LogP contribution in [0, 0.1) is 6.92 Å². The van der Waals surface area contributed by atoms with Crippen LogP contribution < -0.4 is 15.4 Å². The highest BCUT2D eigenvalue weighted by Gasteiger charge is 2.10. The number of aromatic nitrogens is 1. The van der Waals surface area contributed by atoms with Crippen LogP contribution in [0.1, 0.15) is 11.9 Å².